The number of aliphatic hydroxyl groups is 1. The summed E-state index contributed by atoms with van der Waals surface area (Å²) in [6.07, 6.45) is 92.0. The molecule has 0 aliphatic rings. The molecule has 0 rings (SSSR count). The van der Waals surface area contributed by atoms with Crippen molar-refractivity contribution in [3.05, 3.63) is 24.3 Å². The molecule has 9 heteroatoms. The van der Waals surface area contributed by atoms with E-state index in [-0.39, 0.29) is 19.1 Å². The molecule has 8 nitrogen and oxygen atoms in total. The fraction of sp³-hybridized carbons (Fsp3) is 0.936. The Bertz CT molecular complexity index is 1470. The van der Waals surface area contributed by atoms with E-state index >= 15 is 0 Å². The topological polar surface area (TPSA) is 108 Å². The van der Waals surface area contributed by atoms with Gasteiger partial charge in [0.05, 0.1) is 39.9 Å². The number of carbonyl (C=O) groups is 1. The third-order valence-corrected chi connectivity index (χ3v) is 19.4. The third kappa shape index (κ3) is 72.3. The van der Waals surface area contributed by atoms with Crippen molar-refractivity contribution < 1.29 is 32.9 Å². The van der Waals surface area contributed by atoms with Crippen LogP contribution in [0, 0.1) is 0 Å². The molecule has 0 aromatic rings. The van der Waals surface area contributed by atoms with Gasteiger partial charge in [-0.3, -0.25) is 9.36 Å². The van der Waals surface area contributed by atoms with Crippen LogP contribution >= 0.6 is 7.82 Å². The molecule has 0 bridgehead atoms. The van der Waals surface area contributed by atoms with Crippen molar-refractivity contribution in [2.24, 2.45) is 0 Å². The molecule has 3 unspecified atom stereocenters. The summed E-state index contributed by atoms with van der Waals surface area (Å²) in [6.45, 7) is 4.72. The van der Waals surface area contributed by atoms with Gasteiger partial charge in [0.1, 0.15) is 13.2 Å². The van der Waals surface area contributed by atoms with Gasteiger partial charge < -0.3 is 28.8 Å². The molecule has 0 aromatic heterocycles. The summed E-state index contributed by atoms with van der Waals surface area (Å²) in [7, 11) is 1.29. The van der Waals surface area contributed by atoms with Crippen molar-refractivity contribution in [1.82, 2.24) is 5.32 Å². The average molecular weight is 1250 g/mol. The van der Waals surface area contributed by atoms with Crippen LogP contribution in [0.3, 0.4) is 0 Å². The number of aliphatic hydroxyl groups excluding tert-OH is 1. The smallest absolute Gasteiger partial charge is 0.268 e. The zero-order valence-electron chi connectivity index (χ0n) is 59.5. The summed E-state index contributed by atoms with van der Waals surface area (Å²) in [5.41, 5.74) is 0. The first-order chi connectivity index (χ1) is 42.5. The summed E-state index contributed by atoms with van der Waals surface area (Å²) in [5, 5.41) is 14.0. The highest BCUT2D eigenvalue weighted by atomic mass is 31.2. The minimum Gasteiger partial charge on any atom is -0.756 e. The van der Waals surface area contributed by atoms with E-state index < -0.39 is 20.0 Å². The largest absolute Gasteiger partial charge is 0.756 e. The van der Waals surface area contributed by atoms with Crippen LogP contribution in [0.1, 0.15) is 418 Å². The summed E-state index contributed by atoms with van der Waals surface area (Å²) in [5.74, 6) is -0.187. The monoisotopic (exact) mass is 1250 g/mol. The zero-order valence-corrected chi connectivity index (χ0v) is 60.4. The molecule has 0 heterocycles. The molecule has 0 aliphatic carbocycles. The number of phosphoric ester groups is 1. The third-order valence-electron chi connectivity index (χ3n) is 18.4. The van der Waals surface area contributed by atoms with E-state index in [4.69, 9.17) is 9.05 Å². The van der Waals surface area contributed by atoms with Crippen molar-refractivity contribution in [1.29, 1.82) is 0 Å². The van der Waals surface area contributed by atoms with E-state index in [0.29, 0.717) is 17.4 Å². The molecule has 0 spiro atoms. The molecule has 0 aliphatic heterocycles. The number of allylic oxidation sites excluding steroid dienone is 3. The van der Waals surface area contributed by atoms with E-state index in [1.807, 2.05) is 27.2 Å². The molecule has 0 saturated heterocycles. The number of nitrogens with one attached hydrogen (secondary N) is 1. The minimum atomic E-state index is -4.60. The second-order valence-electron chi connectivity index (χ2n) is 28.4. The maximum atomic E-state index is 13.1. The van der Waals surface area contributed by atoms with Crippen LogP contribution in [0.15, 0.2) is 24.3 Å². The second kappa shape index (κ2) is 69.3. The standard InChI is InChI=1S/C78H155N2O6P/c1-6-8-10-12-14-16-18-20-22-24-26-28-30-32-34-36-37-38-39-40-41-42-43-44-46-48-50-52-54-56-58-60-62-64-66-68-70-72-78(82)79-76(75-86-87(83,84)85-74-73-80(3,4)5)77(81)71-69-67-65-63-61-59-57-55-53-51-49-47-45-35-33-31-29-27-25-23-21-19-17-15-13-11-9-7-2/h24,26,69,71,76-77,81H,6-23,25,27-68,70,72-75H2,1-5H3,(H-,79,82,83,84)/b26-24-,71-69+. The molecule has 0 aromatic carbocycles. The van der Waals surface area contributed by atoms with Crippen molar-refractivity contribution >= 4 is 13.7 Å². The lowest BCUT2D eigenvalue weighted by Gasteiger charge is -2.29. The number of carbonyl (C=O) groups excluding carboxylic acids is 1. The van der Waals surface area contributed by atoms with Gasteiger partial charge in [-0.2, -0.15) is 0 Å². The number of quaternary nitrogens is 1. The van der Waals surface area contributed by atoms with Crippen LogP contribution in [-0.4, -0.2) is 68.5 Å². The van der Waals surface area contributed by atoms with Crippen LogP contribution in [0.5, 0.6) is 0 Å². The molecule has 87 heavy (non-hydrogen) atoms. The Kier molecular flexibility index (Phi) is 68.5. The van der Waals surface area contributed by atoms with Gasteiger partial charge in [-0.15, -0.1) is 0 Å². The van der Waals surface area contributed by atoms with Crippen molar-refractivity contribution in [3.63, 3.8) is 0 Å². The Balaban J connectivity index is 3.94. The van der Waals surface area contributed by atoms with Gasteiger partial charge >= 0.3 is 0 Å². The van der Waals surface area contributed by atoms with Crippen LogP contribution < -0.4 is 10.2 Å². The van der Waals surface area contributed by atoms with Crippen LogP contribution in [0.2, 0.25) is 0 Å². The highest BCUT2D eigenvalue weighted by molar-refractivity contribution is 7.45. The molecule has 0 fully saturated rings. The number of unbranched alkanes of at least 4 members (excludes halogenated alkanes) is 59. The van der Waals surface area contributed by atoms with E-state index in [9.17, 15) is 19.4 Å². The Hall–Kier alpha value is -1.02. The number of amides is 1. The number of hydrogen-bond acceptors (Lipinski definition) is 6. The Morgan fingerprint density at radius 1 is 0.391 bits per heavy atom. The first-order valence-electron chi connectivity index (χ1n) is 39.2. The molecular weight excluding hydrogens is 1090 g/mol. The summed E-state index contributed by atoms with van der Waals surface area (Å²) < 4.78 is 23.5. The van der Waals surface area contributed by atoms with Crippen LogP contribution in [0.25, 0.3) is 0 Å². The Morgan fingerprint density at radius 3 is 0.897 bits per heavy atom. The number of phosphoric acid groups is 1. The van der Waals surface area contributed by atoms with Crippen LogP contribution in [-0.2, 0) is 18.4 Å². The zero-order chi connectivity index (χ0) is 63.4. The van der Waals surface area contributed by atoms with Gasteiger partial charge in [0.25, 0.3) is 7.82 Å². The predicted molar refractivity (Wildman–Crippen MR) is 381 cm³/mol. The van der Waals surface area contributed by atoms with E-state index in [0.717, 1.165) is 38.5 Å². The highest BCUT2D eigenvalue weighted by Gasteiger charge is 2.23. The number of likely N-dealkylation sites (N-methyl/N-ethyl adjacent to an activating group) is 1. The Morgan fingerprint density at radius 2 is 0.632 bits per heavy atom. The minimum absolute atomic E-state index is 0.00239. The van der Waals surface area contributed by atoms with E-state index in [2.05, 4.69) is 31.3 Å². The van der Waals surface area contributed by atoms with Crippen molar-refractivity contribution in [3.8, 4) is 0 Å². The molecule has 1 amide bonds. The van der Waals surface area contributed by atoms with Gasteiger partial charge in [0.2, 0.25) is 5.91 Å². The maximum Gasteiger partial charge on any atom is 0.268 e. The summed E-state index contributed by atoms with van der Waals surface area (Å²) in [4.78, 5) is 25.7. The Labute approximate surface area is 545 Å². The number of hydrogen-bond donors (Lipinski definition) is 2. The quantitative estimate of drug-likeness (QED) is 0.0272. The molecule has 0 radical (unpaired) electrons. The highest BCUT2D eigenvalue weighted by Crippen LogP contribution is 2.38. The van der Waals surface area contributed by atoms with Gasteiger partial charge in [0.15, 0.2) is 0 Å². The maximum absolute atomic E-state index is 13.1. The summed E-state index contributed by atoms with van der Waals surface area (Å²) in [6, 6.07) is -0.885. The van der Waals surface area contributed by atoms with Gasteiger partial charge in [-0.05, 0) is 44.9 Å². The molecule has 518 valence electrons. The predicted octanol–water partition coefficient (Wildman–Crippen LogP) is 24.8. The van der Waals surface area contributed by atoms with Gasteiger partial charge in [-0.1, -0.05) is 391 Å². The first-order valence-corrected chi connectivity index (χ1v) is 40.7. The lowest BCUT2D eigenvalue weighted by Crippen LogP contribution is -2.45. The normalized spacial score (nSPS) is 13.6. The summed E-state index contributed by atoms with van der Waals surface area (Å²) >= 11 is 0. The SMILES string of the molecule is CCCCCCCCCC/C=C\CCCCCCCCCCCCCCCCCCCCCCCCCCCC(=O)NC(COP(=O)([O-])OCC[N+](C)(C)C)C(O)/C=C/CCCCCCCCCCCCCCCCCCCCCCCCCCCC. The van der Waals surface area contributed by atoms with E-state index in [1.54, 1.807) is 6.08 Å². The fourth-order valence-electron chi connectivity index (χ4n) is 12.3. The lowest BCUT2D eigenvalue weighted by molar-refractivity contribution is -0.870. The van der Waals surface area contributed by atoms with Gasteiger partial charge in [-0.25, -0.2) is 0 Å². The molecule has 2 N–H and O–H groups in total. The van der Waals surface area contributed by atoms with Crippen LogP contribution in [0.4, 0.5) is 0 Å². The average Bonchev–Trinajstić information content (AvgIpc) is 3.70. The second-order valence-corrected chi connectivity index (χ2v) is 29.8. The number of rotatable bonds is 74. The van der Waals surface area contributed by atoms with Crippen molar-refractivity contribution in [2.75, 3.05) is 40.9 Å². The molecule has 0 saturated carbocycles. The first kappa shape index (κ1) is 86.0. The van der Waals surface area contributed by atoms with E-state index in [1.165, 1.54) is 360 Å². The molecular formula is C78H155N2O6P. The lowest BCUT2D eigenvalue weighted by atomic mass is 10.0. The van der Waals surface area contributed by atoms with Crippen molar-refractivity contribution in [2.45, 2.75) is 431 Å². The molecule has 3 atom stereocenters. The fourth-order valence-corrected chi connectivity index (χ4v) is 13.1. The van der Waals surface area contributed by atoms with Gasteiger partial charge in [0, 0.05) is 6.42 Å². The number of nitrogens with zero attached hydrogens (tertiary/aromatic N) is 1.